The minimum atomic E-state index is -0.151. The third kappa shape index (κ3) is 3.06. The first-order valence-electron chi connectivity index (χ1n) is 4.87. The smallest absolute Gasteiger partial charge is 0.326 e. The highest BCUT2D eigenvalue weighted by Crippen LogP contribution is 2.07. The van der Waals surface area contributed by atoms with Crippen LogP contribution in [-0.2, 0) is 0 Å². The van der Waals surface area contributed by atoms with Crippen LogP contribution in [0.15, 0.2) is 18.7 Å². The highest BCUT2D eigenvalue weighted by molar-refractivity contribution is 5.76. The predicted octanol–water partition coefficient (Wildman–Crippen LogP) is 0.781. The summed E-state index contributed by atoms with van der Waals surface area (Å²) < 4.78 is 1.42. The Bertz CT molecular complexity index is 316. The van der Waals surface area contributed by atoms with Gasteiger partial charge in [-0.15, -0.1) is 0 Å². The number of imidazole rings is 1. The molecule has 0 atom stereocenters. The summed E-state index contributed by atoms with van der Waals surface area (Å²) in [4.78, 5) is 17.5. The molecule has 0 aliphatic heterocycles. The molecule has 0 aliphatic carbocycles. The lowest BCUT2D eigenvalue weighted by Crippen LogP contribution is -2.48. The molecule has 5 nitrogen and oxygen atoms in total. The minimum Gasteiger partial charge on any atom is -0.336 e. The fourth-order valence-electron chi connectivity index (χ4n) is 0.921. The van der Waals surface area contributed by atoms with Crippen molar-refractivity contribution in [2.24, 2.45) is 0 Å². The molecule has 15 heavy (non-hydrogen) atoms. The average molecular weight is 210 g/mol. The number of hydrogen-bond acceptors (Lipinski definition) is 3. The van der Waals surface area contributed by atoms with Crippen molar-refractivity contribution in [3.8, 4) is 0 Å². The summed E-state index contributed by atoms with van der Waals surface area (Å²) in [5, 5.41) is 2.85. The molecule has 0 fully saturated rings. The summed E-state index contributed by atoms with van der Waals surface area (Å²) in [5.74, 6) is 0. The maximum Gasteiger partial charge on any atom is 0.326 e. The molecule has 0 saturated carbocycles. The van der Waals surface area contributed by atoms with Gasteiger partial charge < -0.3 is 10.2 Å². The number of carbonyl (C=O) groups excluding carboxylic acids is 1. The lowest BCUT2D eigenvalue weighted by molar-refractivity contribution is 0.187. The van der Waals surface area contributed by atoms with Crippen LogP contribution in [0.2, 0.25) is 0 Å². The van der Waals surface area contributed by atoms with Crippen LogP contribution in [0.4, 0.5) is 4.79 Å². The first kappa shape index (κ1) is 11.7. The summed E-state index contributed by atoms with van der Waals surface area (Å²) in [5.41, 5.74) is -0.0593. The van der Waals surface area contributed by atoms with Gasteiger partial charge in [0.15, 0.2) is 0 Å². The fourth-order valence-corrected chi connectivity index (χ4v) is 0.921. The summed E-state index contributed by atoms with van der Waals surface area (Å²) in [6.07, 6.45) is 4.69. The lowest BCUT2D eigenvalue weighted by Gasteiger charge is -2.32. The molecular weight excluding hydrogens is 192 g/mol. The standard InChI is InChI=1S/C10H18N4O/c1-10(2,13(3)4)7-12-9(15)14-6-5-11-8-14/h5-6,8H,7H2,1-4H3,(H,12,15). The fraction of sp³-hybridized carbons (Fsp3) is 0.600. The van der Waals surface area contributed by atoms with Gasteiger partial charge in [0.1, 0.15) is 6.33 Å². The van der Waals surface area contributed by atoms with Gasteiger partial charge in [0.05, 0.1) is 0 Å². The van der Waals surface area contributed by atoms with Crippen LogP contribution < -0.4 is 5.32 Å². The van der Waals surface area contributed by atoms with Gasteiger partial charge in [0.25, 0.3) is 0 Å². The van der Waals surface area contributed by atoms with Gasteiger partial charge >= 0.3 is 6.03 Å². The molecule has 0 bridgehead atoms. The average Bonchev–Trinajstić information content (AvgIpc) is 2.66. The number of carbonyl (C=O) groups is 1. The summed E-state index contributed by atoms with van der Waals surface area (Å²) in [7, 11) is 3.98. The van der Waals surface area contributed by atoms with Gasteiger partial charge in [-0.25, -0.2) is 9.78 Å². The Morgan fingerprint density at radius 1 is 1.53 bits per heavy atom. The zero-order chi connectivity index (χ0) is 11.5. The molecule has 5 heteroatoms. The second-order valence-electron chi connectivity index (χ2n) is 4.34. The van der Waals surface area contributed by atoms with Crippen LogP contribution in [-0.4, -0.2) is 46.7 Å². The number of aromatic nitrogens is 2. The van der Waals surface area contributed by atoms with Crippen molar-refractivity contribution >= 4 is 6.03 Å². The number of rotatable bonds is 3. The normalized spacial score (nSPS) is 11.8. The van der Waals surface area contributed by atoms with E-state index in [0.717, 1.165) is 0 Å². The number of likely N-dealkylation sites (N-methyl/N-ethyl adjacent to an activating group) is 1. The zero-order valence-electron chi connectivity index (χ0n) is 9.69. The van der Waals surface area contributed by atoms with E-state index in [0.29, 0.717) is 6.54 Å². The van der Waals surface area contributed by atoms with E-state index >= 15 is 0 Å². The molecule has 0 aliphatic rings. The van der Waals surface area contributed by atoms with Gasteiger partial charge in [-0.2, -0.15) is 0 Å². The molecule has 0 aromatic carbocycles. The van der Waals surface area contributed by atoms with Crippen LogP contribution >= 0.6 is 0 Å². The molecule has 1 aromatic rings. The van der Waals surface area contributed by atoms with Gasteiger partial charge in [-0.3, -0.25) is 4.57 Å². The first-order valence-corrected chi connectivity index (χ1v) is 4.87. The third-order valence-corrected chi connectivity index (χ3v) is 2.62. The van der Waals surface area contributed by atoms with Gasteiger partial charge in [0, 0.05) is 24.5 Å². The van der Waals surface area contributed by atoms with Gasteiger partial charge in [-0.1, -0.05) is 0 Å². The zero-order valence-corrected chi connectivity index (χ0v) is 9.69. The Kier molecular flexibility index (Phi) is 3.47. The maximum absolute atomic E-state index is 11.6. The Morgan fingerprint density at radius 2 is 2.20 bits per heavy atom. The van der Waals surface area contributed by atoms with E-state index in [2.05, 4.69) is 29.0 Å². The van der Waals surface area contributed by atoms with E-state index < -0.39 is 0 Å². The van der Waals surface area contributed by atoms with E-state index in [-0.39, 0.29) is 11.6 Å². The van der Waals surface area contributed by atoms with E-state index in [1.54, 1.807) is 12.4 Å². The van der Waals surface area contributed by atoms with Gasteiger partial charge in [-0.05, 0) is 27.9 Å². The number of hydrogen-bond donors (Lipinski definition) is 1. The van der Waals surface area contributed by atoms with E-state index in [1.165, 1.54) is 10.9 Å². The molecule has 0 spiro atoms. The Hall–Kier alpha value is -1.36. The predicted molar refractivity (Wildman–Crippen MR) is 58.8 cm³/mol. The molecule has 1 N–H and O–H groups in total. The monoisotopic (exact) mass is 210 g/mol. The summed E-state index contributed by atoms with van der Waals surface area (Å²) in [6.45, 7) is 4.74. The third-order valence-electron chi connectivity index (χ3n) is 2.62. The topological polar surface area (TPSA) is 50.2 Å². The minimum absolute atomic E-state index is 0.0593. The number of nitrogens with one attached hydrogen (secondary N) is 1. The first-order chi connectivity index (χ1) is 6.93. The lowest BCUT2D eigenvalue weighted by atomic mass is 10.1. The second kappa shape index (κ2) is 4.44. The van der Waals surface area contributed by atoms with Crippen LogP contribution in [0.3, 0.4) is 0 Å². The molecule has 1 aromatic heterocycles. The van der Waals surface area contributed by atoms with E-state index in [1.807, 2.05) is 14.1 Å². The Labute approximate surface area is 90.1 Å². The maximum atomic E-state index is 11.6. The molecule has 0 saturated heterocycles. The summed E-state index contributed by atoms with van der Waals surface area (Å²) >= 11 is 0. The molecular formula is C10H18N4O. The molecule has 0 unspecified atom stereocenters. The molecule has 0 radical (unpaired) electrons. The molecule has 1 heterocycles. The highest BCUT2D eigenvalue weighted by Gasteiger charge is 2.21. The number of nitrogens with zero attached hydrogens (tertiary/aromatic N) is 3. The largest absolute Gasteiger partial charge is 0.336 e. The van der Waals surface area contributed by atoms with Crippen LogP contribution in [0.25, 0.3) is 0 Å². The van der Waals surface area contributed by atoms with Crippen molar-refractivity contribution < 1.29 is 4.79 Å². The SMILES string of the molecule is CN(C)C(C)(C)CNC(=O)n1ccnc1. The van der Waals surface area contributed by atoms with Crippen molar-refractivity contribution in [3.63, 3.8) is 0 Å². The van der Waals surface area contributed by atoms with E-state index in [9.17, 15) is 4.79 Å². The second-order valence-corrected chi connectivity index (χ2v) is 4.34. The van der Waals surface area contributed by atoms with Crippen molar-refractivity contribution in [2.75, 3.05) is 20.6 Å². The van der Waals surface area contributed by atoms with Crippen LogP contribution in [0, 0.1) is 0 Å². The van der Waals surface area contributed by atoms with Gasteiger partial charge in [0.2, 0.25) is 0 Å². The Morgan fingerprint density at radius 3 is 2.67 bits per heavy atom. The van der Waals surface area contributed by atoms with Crippen LogP contribution in [0.5, 0.6) is 0 Å². The number of amides is 1. The quantitative estimate of drug-likeness (QED) is 0.802. The van der Waals surface area contributed by atoms with Crippen LogP contribution in [0.1, 0.15) is 13.8 Å². The van der Waals surface area contributed by atoms with Crippen molar-refractivity contribution in [3.05, 3.63) is 18.7 Å². The summed E-state index contributed by atoms with van der Waals surface area (Å²) in [6, 6.07) is -0.151. The molecule has 84 valence electrons. The molecule has 1 amide bonds. The van der Waals surface area contributed by atoms with Crippen molar-refractivity contribution in [1.29, 1.82) is 0 Å². The molecule has 1 rings (SSSR count). The Balaban J connectivity index is 2.48. The highest BCUT2D eigenvalue weighted by atomic mass is 16.2. The van der Waals surface area contributed by atoms with Crippen molar-refractivity contribution in [2.45, 2.75) is 19.4 Å². The van der Waals surface area contributed by atoms with E-state index in [4.69, 9.17) is 0 Å². The van der Waals surface area contributed by atoms with Crippen molar-refractivity contribution in [1.82, 2.24) is 19.8 Å².